The minimum absolute atomic E-state index is 0.376. The van der Waals surface area contributed by atoms with E-state index < -0.39 is 0 Å². The lowest BCUT2D eigenvalue weighted by atomic mass is 9.78. The lowest BCUT2D eigenvalue weighted by molar-refractivity contribution is 0.0734. The summed E-state index contributed by atoms with van der Waals surface area (Å²) < 4.78 is 17.1. The Morgan fingerprint density at radius 2 is 1.14 bits per heavy atom. The zero-order valence-corrected chi connectivity index (χ0v) is 21.8. The molecule has 0 radical (unpaired) electrons. The zero-order chi connectivity index (χ0) is 24.7. The first-order chi connectivity index (χ1) is 17.2. The maximum absolute atomic E-state index is 12.4. The highest BCUT2D eigenvalue weighted by Crippen LogP contribution is 2.34. The summed E-state index contributed by atoms with van der Waals surface area (Å²) in [5.41, 5.74) is 0.503. The Kier molecular flexibility index (Phi) is 12.0. The molecule has 4 heteroatoms. The summed E-state index contributed by atoms with van der Waals surface area (Å²) in [5.74, 6) is 3.58. The highest BCUT2D eigenvalue weighted by molar-refractivity contribution is 5.91. The van der Waals surface area contributed by atoms with Crippen molar-refractivity contribution in [3.8, 4) is 17.2 Å². The Hall–Kier alpha value is -2.49. The summed E-state index contributed by atoms with van der Waals surface area (Å²) in [4.78, 5) is 12.4. The van der Waals surface area contributed by atoms with Crippen LogP contribution in [0.2, 0.25) is 0 Å². The van der Waals surface area contributed by atoms with Crippen LogP contribution in [0.1, 0.15) is 101 Å². The molecule has 0 unspecified atom stereocenters. The van der Waals surface area contributed by atoms with Gasteiger partial charge in [-0.05, 0) is 79.6 Å². The van der Waals surface area contributed by atoms with Crippen molar-refractivity contribution in [2.24, 2.45) is 11.8 Å². The Balaban J connectivity index is 1.31. The van der Waals surface area contributed by atoms with Crippen molar-refractivity contribution in [2.75, 3.05) is 13.2 Å². The molecule has 2 aromatic carbocycles. The van der Waals surface area contributed by atoms with Crippen molar-refractivity contribution in [1.29, 1.82) is 0 Å². The fraction of sp³-hybridized carbons (Fsp3) is 0.581. The van der Waals surface area contributed by atoms with Gasteiger partial charge in [-0.25, -0.2) is 4.79 Å². The minimum atomic E-state index is -0.376. The average Bonchev–Trinajstić information content (AvgIpc) is 2.89. The van der Waals surface area contributed by atoms with Crippen LogP contribution in [-0.2, 0) is 0 Å². The van der Waals surface area contributed by atoms with Crippen LogP contribution in [-0.4, -0.2) is 19.2 Å². The van der Waals surface area contributed by atoms with Gasteiger partial charge in [-0.3, -0.25) is 0 Å². The maximum Gasteiger partial charge on any atom is 0.343 e. The van der Waals surface area contributed by atoms with Crippen LogP contribution in [0.5, 0.6) is 17.2 Å². The van der Waals surface area contributed by atoms with Crippen molar-refractivity contribution in [3.05, 3.63) is 54.1 Å². The fourth-order valence-electron chi connectivity index (χ4n) is 4.85. The van der Waals surface area contributed by atoms with Crippen LogP contribution >= 0.6 is 0 Å². The number of benzene rings is 2. The third kappa shape index (κ3) is 9.95. The molecule has 0 atom stereocenters. The third-order valence-electron chi connectivity index (χ3n) is 7.10. The second kappa shape index (κ2) is 15.5. The van der Waals surface area contributed by atoms with E-state index in [0.717, 1.165) is 49.2 Å². The summed E-state index contributed by atoms with van der Waals surface area (Å²) in [5, 5.41) is 0. The Labute approximate surface area is 212 Å². The molecule has 4 nitrogen and oxygen atoms in total. The molecule has 1 fully saturated rings. The lowest BCUT2D eigenvalue weighted by Gasteiger charge is -2.28. The number of unbranched alkanes of at least 4 members (excludes halogenated alkanes) is 3. The Morgan fingerprint density at radius 1 is 0.657 bits per heavy atom. The van der Waals surface area contributed by atoms with Gasteiger partial charge < -0.3 is 14.2 Å². The molecule has 0 heterocycles. The van der Waals surface area contributed by atoms with Crippen molar-refractivity contribution in [2.45, 2.75) is 90.9 Å². The van der Waals surface area contributed by atoms with Crippen LogP contribution in [0.25, 0.3) is 0 Å². The van der Waals surface area contributed by atoms with Gasteiger partial charge in [-0.1, -0.05) is 71.6 Å². The molecular weight excluding hydrogens is 436 g/mol. The predicted molar refractivity (Wildman–Crippen MR) is 143 cm³/mol. The topological polar surface area (TPSA) is 44.8 Å². The van der Waals surface area contributed by atoms with Crippen molar-refractivity contribution in [3.63, 3.8) is 0 Å². The fourth-order valence-corrected chi connectivity index (χ4v) is 4.85. The van der Waals surface area contributed by atoms with E-state index in [2.05, 4.69) is 13.8 Å². The zero-order valence-electron chi connectivity index (χ0n) is 21.8. The molecule has 1 aliphatic carbocycles. The van der Waals surface area contributed by atoms with Gasteiger partial charge in [0.1, 0.15) is 17.2 Å². The maximum atomic E-state index is 12.4. The third-order valence-corrected chi connectivity index (χ3v) is 7.10. The van der Waals surface area contributed by atoms with E-state index in [4.69, 9.17) is 14.2 Å². The molecule has 1 aliphatic rings. The largest absolute Gasteiger partial charge is 0.494 e. The number of carbonyl (C=O) groups is 1. The molecule has 1 saturated carbocycles. The normalized spacial score (nSPS) is 17.7. The van der Waals surface area contributed by atoms with E-state index in [0.29, 0.717) is 17.9 Å². The molecule has 0 N–H and O–H groups in total. The molecule has 0 aliphatic heterocycles. The first-order valence-electron chi connectivity index (χ1n) is 13.9. The van der Waals surface area contributed by atoms with Gasteiger partial charge in [0.2, 0.25) is 0 Å². The van der Waals surface area contributed by atoms with Gasteiger partial charge >= 0.3 is 5.97 Å². The molecule has 0 aromatic heterocycles. The summed E-state index contributed by atoms with van der Waals surface area (Å²) in [7, 11) is 0. The van der Waals surface area contributed by atoms with E-state index in [9.17, 15) is 4.79 Å². The number of carbonyl (C=O) groups excluding carboxylic acids is 1. The molecule has 192 valence electrons. The van der Waals surface area contributed by atoms with E-state index in [1.807, 2.05) is 24.3 Å². The SMILES string of the molecule is CCCCC[C@H]1CC[C@H](CCCOc2ccc(OC(=O)c3ccc(OCCCC)cc3)cc2)CC1. The van der Waals surface area contributed by atoms with Crippen LogP contribution in [0.4, 0.5) is 0 Å². The standard InChI is InChI=1S/C31H44O4/c1-3-5-7-9-25-11-13-26(14-12-25)10-8-24-34-29-19-21-30(22-20-29)35-31(32)27-15-17-28(18-16-27)33-23-6-4-2/h15-22,25-26H,3-14,23-24H2,1-2H3/t25-,26-. The van der Waals surface area contributed by atoms with Gasteiger partial charge in [-0.15, -0.1) is 0 Å². The number of rotatable bonds is 15. The molecule has 35 heavy (non-hydrogen) atoms. The van der Waals surface area contributed by atoms with Gasteiger partial charge in [0.15, 0.2) is 0 Å². The molecule has 3 rings (SSSR count). The van der Waals surface area contributed by atoms with Gasteiger partial charge in [0, 0.05) is 0 Å². The van der Waals surface area contributed by atoms with Crippen LogP contribution in [0.3, 0.4) is 0 Å². The quantitative estimate of drug-likeness (QED) is 0.145. The molecule has 0 spiro atoms. The first-order valence-corrected chi connectivity index (χ1v) is 13.9. The highest BCUT2D eigenvalue weighted by Gasteiger charge is 2.20. The minimum Gasteiger partial charge on any atom is -0.494 e. The van der Waals surface area contributed by atoms with Gasteiger partial charge in [0.05, 0.1) is 18.8 Å². The average molecular weight is 481 g/mol. The second-order valence-corrected chi connectivity index (χ2v) is 9.96. The lowest BCUT2D eigenvalue weighted by Crippen LogP contribution is -2.15. The molecule has 0 amide bonds. The van der Waals surface area contributed by atoms with Crippen LogP contribution in [0.15, 0.2) is 48.5 Å². The van der Waals surface area contributed by atoms with E-state index in [-0.39, 0.29) is 5.97 Å². The summed E-state index contributed by atoms with van der Waals surface area (Å²) in [6.45, 7) is 5.84. The van der Waals surface area contributed by atoms with Crippen LogP contribution < -0.4 is 14.2 Å². The summed E-state index contributed by atoms with van der Waals surface area (Å²) in [6.07, 6.45) is 15.7. The first kappa shape index (κ1) is 27.1. The smallest absolute Gasteiger partial charge is 0.343 e. The second-order valence-electron chi connectivity index (χ2n) is 9.96. The number of ether oxygens (including phenoxy) is 3. The van der Waals surface area contributed by atoms with E-state index in [1.165, 1.54) is 57.8 Å². The highest BCUT2D eigenvalue weighted by atomic mass is 16.5. The van der Waals surface area contributed by atoms with E-state index in [1.54, 1.807) is 24.3 Å². The van der Waals surface area contributed by atoms with Crippen molar-refractivity contribution >= 4 is 5.97 Å². The van der Waals surface area contributed by atoms with Crippen molar-refractivity contribution < 1.29 is 19.0 Å². The summed E-state index contributed by atoms with van der Waals surface area (Å²) in [6, 6.07) is 14.4. The van der Waals surface area contributed by atoms with E-state index >= 15 is 0 Å². The number of hydrogen-bond acceptors (Lipinski definition) is 4. The number of esters is 1. The predicted octanol–water partition coefficient (Wildman–Crippen LogP) is 8.63. The monoisotopic (exact) mass is 480 g/mol. The Bertz CT molecular complexity index is 835. The van der Waals surface area contributed by atoms with Crippen LogP contribution in [0, 0.1) is 11.8 Å². The van der Waals surface area contributed by atoms with Gasteiger partial charge in [-0.2, -0.15) is 0 Å². The molecule has 0 bridgehead atoms. The summed E-state index contributed by atoms with van der Waals surface area (Å²) >= 11 is 0. The Morgan fingerprint density at radius 3 is 1.71 bits per heavy atom. The molecular formula is C31H44O4. The number of hydrogen-bond donors (Lipinski definition) is 0. The molecule has 0 saturated heterocycles. The van der Waals surface area contributed by atoms with Gasteiger partial charge in [0.25, 0.3) is 0 Å². The van der Waals surface area contributed by atoms with Crippen molar-refractivity contribution in [1.82, 2.24) is 0 Å². The molecule has 2 aromatic rings.